The lowest BCUT2D eigenvalue weighted by Crippen LogP contribution is -2.19. The van der Waals surface area contributed by atoms with Crippen molar-refractivity contribution in [2.75, 3.05) is 0 Å². The summed E-state index contributed by atoms with van der Waals surface area (Å²) in [6.45, 7) is 4.51. The van der Waals surface area contributed by atoms with E-state index >= 15 is 0 Å². The molecule has 0 spiro atoms. The molecule has 0 aromatic heterocycles. The molecule has 0 aliphatic rings. The summed E-state index contributed by atoms with van der Waals surface area (Å²) in [5.74, 6) is -5.08. The zero-order valence-electron chi connectivity index (χ0n) is 9.31. The first-order valence-electron chi connectivity index (χ1n) is 4.72. The molecule has 0 radical (unpaired) electrons. The van der Waals surface area contributed by atoms with E-state index in [-0.39, 0.29) is 6.42 Å². The molecule has 6 nitrogen and oxygen atoms in total. The molecule has 0 aromatic rings. The maximum atomic E-state index is 11.2. The van der Waals surface area contributed by atoms with Crippen molar-refractivity contribution < 1.29 is 29.3 Å². The molecule has 0 amide bonds. The fourth-order valence-corrected chi connectivity index (χ4v) is 0.862. The van der Waals surface area contributed by atoms with Crippen molar-refractivity contribution >= 4 is 17.9 Å². The molecular formula is C10H14O6. The van der Waals surface area contributed by atoms with Gasteiger partial charge in [-0.15, -0.1) is 0 Å². The molecule has 0 atom stereocenters. The summed E-state index contributed by atoms with van der Waals surface area (Å²) in [7, 11) is 0. The Labute approximate surface area is 92.5 Å². The first kappa shape index (κ1) is 14.2. The Hall–Kier alpha value is -1.85. The van der Waals surface area contributed by atoms with E-state index in [0.717, 1.165) is 0 Å². The third-order valence-electron chi connectivity index (χ3n) is 1.75. The van der Waals surface area contributed by atoms with Crippen LogP contribution in [0.2, 0.25) is 0 Å². The van der Waals surface area contributed by atoms with Crippen molar-refractivity contribution in [3.8, 4) is 0 Å². The van der Waals surface area contributed by atoms with Crippen molar-refractivity contribution in [2.24, 2.45) is 5.92 Å². The minimum atomic E-state index is -1.56. The first-order chi connectivity index (χ1) is 7.31. The van der Waals surface area contributed by atoms with Gasteiger partial charge in [0.2, 0.25) is 5.76 Å². The summed E-state index contributed by atoms with van der Waals surface area (Å²) in [6.07, 6.45) is -0.0393. The van der Waals surface area contributed by atoms with Gasteiger partial charge in [-0.2, -0.15) is 0 Å². The fourth-order valence-electron chi connectivity index (χ4n) is 0.862. The summed E-state index contributed by atoms with van der Waals surface area (Å²) in [5, 5.41) is 17.5. The standard InChI is InChI=1S/C10H14O6/c1-4-6(8(11)12)7(9(13)14)16-10(15)5(2)3/h5H,4H2,1-3H3,(H,11,12)(H,13,14)/b7-6+. The topological polar surface area (TPSA) is 101 Å². The summed E-state index contributed by atoms with van der Waals surface area (Å²) < 4.78 is 4.55. The second-order valence-corrected chi connectivity index (χ2v) is 3.35. The van der Waals surface area contributed by atoms with E-state index in [2.05, 4.69) is 4.74 Å². The zero-order valence-corrected chi connectivity index (χ0v) is 9.31. The van der Waals surface area contributed by atoms with Crippen LogP contribution in [0.5, 0.6) is 0 Å². The number of carbonyl (C=O) groups excluding carboxylic acids is 1. The van der Waals surface area contributed by atoms with Crippen LogP contribution in [0.15, 0.2) is 11.3 Å². The molecule has 0 aromatic carbocycles. The van der Waals surface area contributed by atoms with Gasteiger partial charge in [-0.3, -0.25) is 4.79 Å². The van der Waals surface area contributed by atoms with Crippen LogP contribution in [-0.2, 0) is 19.1 Å². The highest BCUT2D eigenvalue weighted by atomic mass is 16.6. The molecule has 0 aliphatic carbocycles. The van der Waals surface area contributed by atoms with Gasteiger partial charge < -0.3 is 14.9 Å². The number of hydrogen-bond donors (Lipinski definition) is 2. The largest absolute Gasteiger partial charge is 0.478 e. The van der Waals surface area contributed by atoms with Gasteiger partial charge in [0.1, 0.15) is 0 Å². The van der Waals surface area contributed by atoms with Gasteiger partial charge in [0.25, 0.3) is 0 Å². The quantitative estimate of drug-likeness (QED) is 0.415. The molecule has 0 saturated heterocycles. The summed E-state index contributed by atoms with van der Waals surface area (Å²) >= 11 is 0. The molecule has 0 rings (SSSR count). The second-order valence-electron chi connectivity index (χ2n) is 3.35. The van der Waals surface area contributed by atoms with Crippen LogP contribution in [0.4, 0.5) is 0 Å². The van der Waals surface area contributed by atoms with Crippen molar-refractivity contribution in [2.45, 2.75) is 27.2 Å². The van der Waals surface area contributed by atoms with E-state index in [1.54, 1.807) is 0 Å². The molecule has 2 N–H and O–H groups in total. The lowest BCUT2D eigenvalue weighted by molar-refractivity contribution is -0.151. The van der Waals surface area contributed by atoms with Crippen LogP contribution in [-0.4, -0.2) is 28.1 Å². The lowest BCUT2D eigenvalue weighted by atomic mass is 10.1. The van der Waals surface area contributed by atoms with Crippen LogP contribution in [0.3, 0.4) is 0 Å². The van der Waals surface area contributed by atoms with Gasteiger partial charge >= 0.3 is 17.9 Å². The molecule has 0 saturated carbocycles. The number of esters is 1. The van der Waals surface area contributed by atoms with Crippen molar-refractivity contribution in [3.05, 3.63) is 11.3 Å². The second kappa shape index (κ2) is 5.89. The Bertz CT molecular complexity index is 339. The Morgan fingerprint density at radius 3 is 1.88 bits per heavy atom. The van der Waals surface area contributed by atoms with Crippen LogP contribution in [0.25, 0.3) is 0 Å². The summed E-state index contributed by atoms with van der Waals surface area (Å²) in [6, 6.07) is 0. The Morgan fingerprint density at radius 1 is 1.12 bits per heavy atom. The van der Waals surface area contributed by atoms with Gasteiger partial charge in [0.15, 0.2) is 0 Å². The number of rotatable bonds is 5. The smallest absolute Gasteiger partial charge is 0.372 e. The lowest BCUT2D eigenvalue weighted by Gasteiger charge is -2.09. The maximum Gasteiger partial charge on any atom is 0.372 e. The molecule has 6 heteroatoms. The number of carboxylic acid groups (broad SMARTS) is 2. The van der Waals surface area contributed by atoms with Crippen LogP contribution in [0.1, 0.15) is 27.2 Å². The van der Waals surface area contributed by atoms with E-state index in [1.165, 1.54) is 20.8 Å². The van der Waals surface area contributed by atoms with Crippen molar-refractivity contribution in [1.82, 2.24) is 0 Å². The van der Waals surface area contributed by atoms with Gasteiger partial charge in [-0.05, 0) is 6.42 Å². The van der Waals surface area contributed by atoms with E-state index in [0.29, 0.717) is 0 Å². The number of carboxylic acids is 2. The van der Waals surface area contributed by atoms with Crippen LogP contribution < -0.4 is 0 Å². The normalized spacial score (nSPS) is 12.0. The van der Waals surface area contributed by atoms with Crippen molar-refractivity contribution in [3.63, 3.8) is 0 Å². The third-order valence-corrected chi connectivity index (χ3v) is 1.75. The molecule has 90 valence electrons. The van der Waals surface area contributed by atoms with E-state index in [9.17, 15) is 14.4 Å². The minimum Gasteiger partial charge on any atom is -0.478 e. The molecule has 16 heavy (non-hydrogen) atoms. The highest BCUT2D eigenvalue weighted by molar-refractivity contribution is 5.98. The Kier molecular flexibility index (Phi) is 5.21. The average Bonchev–Trinajstić information content (AvgIpc) is 2.16. The molecule has 0 aliphatic heterocycles. The first-order valence-corrected chi connectivity index (χ1v) is 4.72. The van der Waals surface area contributed by atoms with Gasteiger partial charge in [0.05, 0.1) is 11.5 Å². The third kappa shape index (κ3) is 3.72. The number of carbonyl (C=O) groups is 3. The van der Waals surface area contributed by atoms with E-state index < -0.39 is 35.2 Å². The highest BCUT2D eigenvalue weighted by Crippen LogP contribution is 2.13. The molecule has 0 heterocycles. The average molecular weight is 230 g/mol. The summed E-state index contributed by atoms with van der Waals surface area (Å²) in [5.41, 5.74) is -0.429. The Balaban J connectivity index is 5.22. The monoisotopic (exact) mass is 230 g/mol. The fraction of sp³-hybridized carbons (Fsp3) is 0.500. The van der Waals surface area contributed by atoms with Crippen LogP contribution >= 0.6 is 0 Å². The van der Waals surface area contributed by atoms with Crippen LogP contribution in [0, 0.1) is 5.92 Å². The molecular weight excluding hydrogens is 216 g/mol. The highest BCUT2D eigenvalue weighted by Gasteiger charge is 2.24. The van der Waals surface area contributed by atoms with Crippen molar-refractivity contribution in [1.29, 1.82) is 0 Å². The minimum absolute atomic E-state index is 0.0393. The predicted molar refractivity (Wildman–Crippen MR) is 53.5 cm³/mol. The summed E-state index contributed by atoms with van der Waals surface area (Å²) in [4.78, 5) is 32.7. The number of ether oxygens (including phenoxy) is 1. The molecule has 0 bridgehead atoms. The van der Waals surface area contributed by atoms with Gasteiger partial charge in [-0.25, -0.2) is 9.59 Å². The van der Waals surface area contributed by atoms with Gasteiger partial charge in [-0.1, -0.05) is 20.8 Å². The molecule has 0 fully saturated rings. The predicted octanol–water partition coefficient (Wildman–Crippen LogP) is 1.02. The van der Waals surface area contributed by atoms with E-state index in [4.69, 9.17) is 10.2 Å². The SMILES string of the molecule is CC/C(C(=O)O)=C(\OC(=O)C(C)C)C(=O)O. The molecule has 0 unspecified atom stereocenters. The zero-order chi connectivity index (χ0) is 12.9. The van der Waals surface area contributed by atoms with Gasteiger partial charge in [0, 0.05) is 0 Å². The maximum absolute atomic E-state index is 11.2. The number of aliphatic carboxylic acids is 2. The number of hydrogen-bond acceptors (Lipinski definition) is 4. The Morgan fingerprint density at radius 2 is 1.62 bits per heavy atom. The van der Waals surface area contributed by atoms with E-state index in [1.807, 2.05) is 0 Å².